The highest BCUT2D eigenvalue weighted by atomic mass is 32.2. The van der Waals surface area contributed by atoms with Crippen LogP contribution in [0.25, 0.3) is 0 Å². The van der Waals surface area contributed by atoms with Crippen molar-refractivity contribution in [1.82, 2.24) is 5.32 Å². The molecule has 4 N–H and O–H groups in total. The summed E-state index contributed by atoms with van der Waals surface area (Å²) in [6.45, 7) is 2.29. The standard InChI is InChI=1S/C13H20FN3O2S/c1-9(6-7-20(2)19)16-8-10-4-3-5-11(12(10)14)13(15)17-18/h3-5,9,16,18H,6-8H2,1-2H3,(H2,15,17). The summed E-state index contributed by atoms with van der Waals surface area (Å²) in [5.74, 6) is -0.138. The summed E-state index contributed by atoms with van der Waals surface area (Å²) < 4.78 is 25.1. The number of hydrogen-bond acceptors (Lipinski definition) is 4. The zero-order valence-corrected chi connectivity index (χ0v) is 12.4. The number of amidine groups is 1. The third kappa shape index (κ3) is 4.90. The number of nitrogens with two attached hydrogens (primary N) is 1. The molecule has 1 aromatic carbocycles. The number of hydrogen-bond donors (Lipinski definition) is 3. The first-order valence-corrected chi connectivity index (χ1v) is 7.97. The van der Waals surface area contributed by atoms with Crippen molar-refractivity contribution < 1.29 is 13.8 Å². The Bertz CT molecular complexity index is 508. The fourth-order valence-electron chi connectivity index (χ4n) is 1.70. The van der Waals surface area contributed by atoms with Gasteiger partial charge in [-0.2, -0.15) is 0 Å². The first-order valence-electron chi connectivity index (χ1n) is 6.24. The minimum absolute atomic E-state index is 0.0779. The van der Waals surface area contributed by atoms with Crippen molar-refractivity contribution in [1.29, 1.82) is 0 Å². The highest BCUT2D eigenvalue weighted by molar-refractivity contribution is 7.84. The van der Waals surface area contributed by atoms with E-state index in [1.807, 2.05) is 6.92 Å². The zero-order chi connectivity index (χ0) is 15.1. The molecule has 0 fully saturated rings. The molecule has 0 radical (unpaired) electrons. The first kappa shape index (κ1) is 16.6. The minimum atomic E-state index is -0.824. The van der Waals surface area contributed by atoms with Gasteiger partial charge in [0.15, 0.2) is 5.84 Å². The van der Waals surface area contributed by atoms with Crippen molar-refractivity contribution in [2.75, 3.05) is 12.0 Å². The molecule has 0 aliphatic rings. The number of rotatable bonds is 7. The molecular weight excluding hydrogens is 281 g/mol. The molecule has 2 unspecified atom stereocenters. The van der Waals surface area contributed by atoms with E-state index in [-0.39, 0.29) is 17.4 Å². The van der Waals surface area contributed by atoms with Crippen LogP contribution < -0.4 is 11.1 Å². The van der Waals surface area contributed by atoms with Gasteiger partial charge in [0.1, 0.15) is 5.82 Å². The number of benzene rings is 1. The summed E-state index contributed by atoms with van der Waals surface area (Å²) in [7, 11) is -0.824. The van der Waals surface area contributed by atoms with Crippen LogP contribution in [-0.2, 0) is 17.3 Å². The van der Waals surface area contributed by atoms with Gasteiger partial charge in [-0.1, -0.05) is 17.3 Å². The van der Waals surface area contributed by atoms with Crippen LogP contribution in [0.3, 0.4) is 0 Å². The Hall–Kier alpha value is -1.47. The number of halogens is 1. The van der Waals surface area contributed by atoms with E-state index in [1.165, 1.54) is 6.07 Å². The predicted octanol–water partition coefficient (Wildman–Crippen LogP) is 1.17. The van der Waals surface area contributed by atoms with Crippen LogP contribution in [0.5, 0.6) is 0 Å². The number of nitrogens with zero attached hydrogens (tertiary/aromatic N) is 1. The number of oxime groups is 1. The maximum absolute atomic E-state index is 14.1. The second-order valence-corrected chi connectivity index (χ2v) is 6.17. The molecule has 5 nitrogen and oxygen atoms in total. The average molecular weight is 301 g/mol. The monoisotopic (exact) mass is 301 g/mol. The highest BCUT2D eigenvalue weighted by Crippen LogP contribution is 2.13. The molecule has 0 aliphatic heterocycles. The van der Waals surface area contributed by atoms with E-state index in [2.05, 4.69) is 10.5 Å². The van der Waals surface area contributed by atoms with Gasteiger partial charge in [0.2, 0.25) is 0 Å². The molecule has 0 aromatic heterocycles. The van der Waals surface area contributed by atoms with E-state index in [1.54, 1.807) is 18.4 Å². The Balaban J connectivity index is 2.67. The van der Waals surface area contributed by atoms with Gasteiger partial charge in [0.05, 0.1) is 5.56 Å². The fourth-order valence-corrected chi connectivity index (χ4v) is 2.38. The zero-order valence-electron chi connectivity index (χ0n) is 11.6. The van der Waals surface area contributed by atoms with Crippen LogP contribution >= 0.6 is 0 Å². The molecule has 0 aliphatic carbocycles. The topological polar surface area (TPSA) is 87.7 Å². The smallest absolute Gasteiger partial charge is 0.173 e. The first-order chi connectivity index (χ1) is 9.45. The minimum Gasteiger partial charge on any atom is -0.409 e. The lowest BCUT2D eigenvalue weighted by atomic mass is 10.1. The van der Waals surface area contributed by atoms with Crippen molar-refractivity contribution in [2.24, 2.45) is 10.9 Å². The lowest BCUT2D eigenvalue weighted by Crippen LogP contribution is -2.28. The van der Waals surface area contributed by atoms with E-state index < -0.39 is 16.6 Å². The molecule has 0 saturated carbocycles. The van der Waals surface area contributed by atoms with Crippen molar-refractivity contribution in [3.63, 3.8) is 0 Å². The summed E-state index contributed by atoms with van der Waals surface area (Å²) >= 11 is 0. The van der Waals surface area contributed by atoms with Crippen molar-refractivity contribution in [3.05, 3.63) is 35.1 Å². The van der Waals surface area contributed by atoms with Crippen LogP contribution in [0.4, 0.5) is 4.39 Å². The van der Waals surface area contributed by atoms with Gasteiger partial charge in [-0.25, -0.2) is 4.39 Å². The second kappa shape index (κ2) is 7.96. The summed E-state index contributed by atoms with van der Waals surface area (Å²) in [4.78, 5) is 0. The van der Waals surface area contributed by atoms with Gasteiger partial charge in [-0.05, 0) is 19.4 Å². The van der Waals surface area contributed by atoms with Crippen molar-refractivity contribution >= 4 is 16.6 Å². The van der Waals surface area contributed by atoms with Gasteiger partial charge in [-0.3, -0.25) is 4.21 Å². The summed E-state index contributed by atoms with van der Waals surface area (Å²) in [6, 6.07) is 4.88. The van der Waals surface area contributed by atoms with E-state index >= 15 is 0 Å². The maximum atomic E-state index is 14.1. The van der Waals surface area contributed by atoms with E-state index in [0.717, 1.165) is 6.42 Å². The molecular formula is C13H20FN3O2S. The number of nitrogens with one attached hydrogen (secondary N) is 1. The Kier molecular flexibility index (Phi) is 6.60. The lowest BCUT2D eigenvalue weighted by Gasteiger charge is -2.14. The molecule has 7 heteroatoms. The van der Waals surface area contributed by atoms with Crippen LogP contribution in [0.15, 0.2) is 23.4 Å². The van der Waals surface area contributed by atoms with Gasteiger partial charge < -0.3 is 16.3 Å². The molecule has 2 atom stereocenters. The average Bonchev–Trinajstić information content (AvgIpc) is 2.43. The molecule has 0 saturated heterocycles. The lowest BCUT2D eigenvalue weighted by molar-refractivity contribution is 0.318. The summed E-state index contributed by atoms with van der Waals surface area (Å²) in [5.41, 5.74) is 5.93. The molecule has 1 aromatic rings. The van der Waals surface area contributed by atoms with Gasteiger partial charge >= 0.3 is 0 Å². The van der Waals surface area contributed by atoms with Crippen LogP contribution in [0.1, 0.15) is 24.5 Å². The van der Waals surface area contributed by atoms with E-state index in [4.69, 9.17) is 10.9 Å². The molecule has 0 bridgehead atoms. The second-order valence-electron chi connectivity index (χ2n) is 4.61. The van der Waals surface area contributed by atoms with Crippen LogP contribution in [0.2, 0.25) is 0 Å². The summed E-state index contributed by atoms with van der Waals surface area (Å²) in [5, 5.41) is 14.6. The van der Waals surface area contributed by atoms with Gasteiger partial charge in [-0.15, -0.1) is 0 Å². The molecule has 20 heavy (non-hydrogen) atoms. The maximum Gasteiger partial charge on any atom is 0.173 e. The van der Waals surface area contributed by atoms with Crippen molar-refractivity contribution in [2.45, 2.75) is 25.9 Å². The molecule has 0 amide bonds. The predicted molar refractivity (Wildman–Crippen MR) is 78.8 cm³/mol. The van der Waals surface area contributed by atoms with E-state index in [0.29, 0.717) is 17.9 Å². The van der Waals surface area contributed by atoms with Crippen LogP contribution in [0, 0.1) is 5.82 Å². The molecule has 0 spiro atoms. The van der Waals surface area contributed by atoms with Crippen LogP contribution in [-0.4, -0.2) is 33.3 Å². The molecule has 112 valence electrons. The van der Waals surface area contributed by atoms with Gasteiger partial charge in [0, 0.05) is 41.0 Å². The third-order valence-electron chi connectivity index (χ3n) is 2.94. The van der Waals surface area contributed by atoms with Crippen molar-refractivity contribution in [3.8, 4) is 0 Å². The third-order valence-corrected chi connectivity index (χ3v) is 3.75. The van der Waals surface area contributed by atoms with Gasteiger partial charge in [0.25, 0.3) is 0 Å². The Labute approximate surface area is 120 Å². The Morgan fingerprint density at radius 3 is 2.90 bits per heavy atom. The Morgan fingerprint density at radius 2 is 2.30 bits per heavy atom. The quantitative estimate of drug-likeness (QED) is 0.305. The molecule has 0 heterocycles. The Morgan fingerprint density at radius 1 is 1.60 bits per heavy atom. The highest BCUT2D eigenvalue weighted by Gasteiger charge is 2.12. The fraction of sp³-hybridized carbons (Fsp3) is 0.462. The largest absolute Gasteiger partial charge is 0.409 e. The molecule has 1 rings (SSSR count). The summed E-state index contributed by atoms with van der Waals surface area (Å²) in [6.07, 6.45) is 2.41. The SMILES string of the molecule is CC(CCS(C)=O)NCc1cccc(/C(N)=N/O)c1F. The van der Waals surface area contributed by atoms with E-state index in [9.17, 15) is 8.60 Å². The normalized spacial score (nSPS) is 15.1.